The van der Waals surface area contributed by atoms with Gasteiger partial charge < -0.3 is 5.11 Å². The molecule has 7 atom stereocenters. The summed E-state index contributed by atoms with van der Waals surface area (Å²) in [5.74, 6) is -0.375. The SMILES string of the molecule is C[C@@H]1C[C@H]2[C@@H]3CCC4=CC(=O)C=C[C@]4(C)[C@@]3(F)[C@H](O)C[C@]2(C)C1=O. The third-order valence-corrected chi connectivity index (χ3v) is 7.65. The lowest BCUT2D eigenvalue weighted by atomic mass is 9.46. The average molecular weight is 332 g/mol. The fraction of sp³-hybridized carbons (Fsp3) is 0.700. The van der Waals surface area contributed by atoms with E-state index in [9.17, 15) is 14.7 Å². The summed E-state index contributed by atoms with van der Waals surface area (Å²) >= 11 is 0. The highest BCUT2D eigenvalue weighted by molar-refractivity contribution is 6.01. The van der Waals surface area contributed by atoms with Gasteiger partial charge in [0.2, 0.25) is 0 Å². The van der Waals surface area contributed by atoms with Gasteiger partial charge in [-0.2, -0.15) is 0 Å². The molecule has 0 bridgehead atoms. The zero-order valence-electron chi connectivity index (χ0n) is 14.5. The maximum atomic E-state index is 16.6. The first-order valence-electron chi connectivity index (χ1n) is 9.00. The van der Waals surface area contributed by atoms with Gasteiger partial charge in [0.05, 0.1) is 6.10 Å². The molecule has 0 heterocycles. The van der Waals surface area contributed by atoms with Gasteiger partial charge in [-0.1, -0.05) is 25.5 Å². The highest BCUT2D eigenvalue weighted by Gasteiger charge is 2.71. The lowest BCUT2D eigenvalue weighted by Crippen LogP contribution is -2.66. The Hall–Kier alpha value is -1.29. The van der Waals surface area contributed by atoms with Crippen LogP contribution in [-0.4, -0.2) is 28.4 Å². The standard InChI is InChI=1S/C20H25FO3/c1-11-8-15-14-5-4-12-9-13(22)6-7-19(12,3)20(14,21)16(23)10-18(15,2)17(11)24/h6-7,9,11,14-16,23H,4-5,8,10H2,1-3H3/t11-,14+,15+,16-,18+,19+,20+/m1/s1. The van der Waals surface area contributed by atoms with Gasteiger partial charge in [-0.25, -0.2) is 4.39 Å². The van der Waals surface area contributed by atoms with Crippen molar-refractivity contribution in [2.75, 3.05) is 0 Å². The summed E-state index contributed by atoms with van der Waals surface area (Å²) in [7, 11) is 0. The van der Waals surface area contributed by atoms with Gasteiger partial charge in [0, 0.05) is 22.7 Å². The van der Waals surface area contributed by atoms with Crippen molar-refractivity contribution in [1.82, 2.24) is 0 Å². The maximum Gasteiger partial charge on any atom is 0.178 e. The number of rotatable bonds is 0. The van der Waals surface area contributed by atoms with Crippen LogP contribution >= 0.6 is 0 Å². The van der Waals surface area contributed by atoms with Gasteiger partial charge in [0.15, 0.2) is 11.5 Å². The van der Waals surface area contributed by atoms with Crippen LogP contribution in [0.25, 0.3) is 0 Å². The molecule has 4 aliphatic rings. The smallest absolute Gasteiger partial charge is 0.178 e. The molecular weight excluding hydrogens is 307 g/mol. The fourth-order valence-electron chi connectivity index (χ4n) is 6.33. The largest absolute Gasteiger partial charge is 0.390 e. The van der Waals surface area contributed by atoms with Gasteiger partial charge >= 0.3 is 0 Å². The van der Waals surface area contributed by atoms with Crippen molar-refractivity contribution in [2.45, 2.75) is 58.2 Å². The van der Waals surface area contributed by atoms with E-state index in [1.807, 2.05) is 13.8 Å². The van der Waals surface area contributed by atoms with Crippen molar-refractivity contribution < 1.29 is 19.1 Å². The third-order valence-electron chi connectivity index (χ3n) is 7.65. The van der Waals surface area contributed by atoms with Gasteiger partial charge in [-0.05, 0) is 50.7 Å². The monoisotopic (exact) mass is 332 g/mol. The molecule has 3 fully saturated rings. The first kappa shape index (κ1) is 16.2. The first-order valence-corrected chi connectivity index (χ1v) is 9.00. The lowest BCUT2D eigenvalue weighted by molar-refractivity contribution is -0.190. The van der Waals surface area contributed by atoms with Crippen LogP contribution in [0.3, 0.4) is 0 Å². The van der Waals surface area contributed by atoms with Gasteiger partial charge in [0.1, 0.15) is 5.78 Å². The molecule has 1 N–H and O–H groups in total. The average Bonchev–Trinajstić information content (AvgIpc) is 2.74. The van der Waals surface area contributed by atoms with E-state index in [1.54, 1.807) is 19.1 Å². The number of fused-ring (bicyclic) bond motifs is 5. The van der Waals surface area contributed by atoms with E-state index < -0.39 is 22.6 Å². The van der Waals surface area contributed by atoms with Crippen molar-refractivity contribution in [1.29, 1.82) is 0 Å². The summed E-state index contributed by atoms with van der Waals surface area (Å²) in [6.07, 6.45) is 5.57. The Kier molecular flexibility index (Phi) is 3.14. The van der Waals surface area contributed by atoms with E-state index >= 15 is 4.39 Å². The van der Waals surface area contributed by atoms with Crippen LogP contribution in [0.5, 0.6) is 0 Å². The van der Waals surface area contributed by atoms with Gasteiger partial charge in [-0.3, -0.25) is 9.59 Å². The molecule has 0 amide bonds. The molecule has 0 aromatic carbocycles. The van der Waals surface area contributed by atoms with Crippen LogP contribution in [0.4, 0.5) is 4.39 Å². The van der Waals surface area contributed by atoms with Gasteiger partial charge in [0.25, 0.3) is 0 Å². The molecule has 130 valence electrons. The Morgan fingerprint density at radius 1 is 1.25 bits per heavy atom. The number of Topliss-reactive ketones (excluding diaryl/α,β-unsaturated/α-hetero) is 1. The number of allylic oxidation sites excluding steroid dienone is 4. The topological polar surface area (TPSA) is 54.4 Å². The number of hydrogen-bond donors (Lipinski definition) is 1. The maximum absolute atomic E-state index is 16.6. The molecule has 4 aliphatic carbocycles. The summed E-state index contributed by atoms with van der Waals surface area (Å²) < 4.78 is 16.6. The Morgan fingerprint density at radius 3 is 2.67 bits per heavy atom. The number of alkyl halides is 1. The molecule has 3 nitrogen and oxygen atoms in total. The molecule has 0 aliphatic heterocycles. The number of halogens is 1. The number of carbonyl (C=O) groups is 2. The third kappa shape index (κ3) is 1.66. The Balaban J connectivity index is 1.84. The molecule has 24 heavy (non-hydrogen) atoms. The highest BCUT2D eigenvalue weighted by Crippen LogP contribution is 2.67. The van der Waals surface area contributed by atoms with E-state index in [2.05, 4.69) is 0 Å². The number of hydrogen-bond acceptors (Lipinski definition) is 3. The van der Waals surface area contributed by atoms with Crippen LogP contribution in [0.15, 0.2) is 23.8 Å². The molecule has 3 saturated carbocycles. The molecule has 0 radical (unpaired) electrons. The number of ketones is 2. The number of aliphatic hydroxyl groups excluding tert-OH is 1. The molecule has 4 heteroatoms. The Bertz CT molecular complexity index is 695. The second-order valence-electron chi connectivity index (χ2n) is 8.77. The first-order chi connectivity index (χ1) is 11.1. The van der Waals surface area contributed by atoms with E-state index in [-0.39, 0.29) is 35.7 Å². The van der Waals surface area contributed by atoms with Crippen molar-refractivity contribution in [3.8, 4) is 0 Å². The molecular formula is C20H25FO3. The van der Waals surface area contributed by atoms with Crippen molar-refractivity contribution in [3.63, 3.8) is 0 Å². The van der Waals surface area contributed by atoms with Crippen LogP contribution in [0, 0.1) is 28.6 Å². The van der Waals surface area contributed by atoms with Crippen molar-refractivity contribution in [3.05, 3.63) is 23.8 Å². The fourth-order valence-corrected chi connectivity index (χ4v) is 6.33. The number of aliphatic hydroxyl groups is 1. The molecule has 0 spiro atoms. The summed E-state index contributed by atoms with van der Waals surface area (Å²) in [6, 6.07) is 0. The predicted molar refractivity (Wildman–Crippen MR) is 87.9 cm³/mol. The highest BCUT2D eigenvalue weighted by atomic mass is 19.1. The Morgan fingerprint density at radius 2 is 1.96 bits per heavy atom. The summed E-state index contributed by atoms with van der Waals surface area (Å²) in [6.45, 7) is 5.65. The van der Waals surface area contributed by atoms with Crippen LogP contribution < -0.4 is 0 Å². The second-order valence-corrected chi connectivity index (χ2v) is 8.77. The molecule has 4 rings (SSSR count). The predicted octanol–water partition coefficient (Wildman–Crippen LogP) is 3.17. The Labute approximate surface area is 142 Å². The quantitative estimate of drug-likeness (QED) is 0.741. The van der Waals surface area contributed by atoms with E-state index in [0.717, 1.165) is 5.57 Å². The molecule has 0 aromatic heterocycles. The zero-order chi connectivity index (χ0) is 17.5. The van der Waals surface area contributed by atoms with Crippen LogP contribution in [0.2, 0.25) is 0 Å². The minimum atomic E-state index is -1.82. The van der Waals surface area contributed by atoms with Crippen molar-refractivity contribution in [2.24, 2.45) is 28.6 Å². The molecule has 0 unspecified atom stereocenters. The van der Waals surface area contributed by atoms with Crippen molar-refractivity contribution >= 4 is 11.6 Å². The lowest BCUT2D eigenvalue weighted by Gasteiger charge is -2.60. The van der Waals surface area contributed by atoms with E-state index in [0.29, 0.717) is 19.3 Å². The molecule has 0 aromatic rings. The van der Waals surface area contributed by atoms with Crippen LogP contribution in [-0.2, 0) is 9.59 Å². The number of carbonyl (C=O) groups excluding carboxylic acids is 2. The van der Waals surface area contributed by atoms with E-state index in [1.165, 1.54) is 6.08 Å². The minimum Gasteiger partial charge on any atom is -0.390 e. The summed E-state index contributed by atoms with van der Waals surface area (Å²) in [5.41, 5.74) is -2.61. The minimum absolute atomic E-state index is 0.0298. The molecule has 0 saturated heterocycles. The summed E-state index contributed by atoms with van der Waals surface area (Å²) in [4.78, 5) is 24.4. The normalized spacial score (nSPS) is 53.3. The van der Waals surface area contributed by atoms with E-state index in [4.69, 9.17) is 0 Å². The summed E-state index contributed by atoms with van der Waals surface area (Å²) in [5, 5.41) is 10.9. The zero-order valence-corrected chi connectivity index (χ0v) is 14.5. The van der Waals surface area contributed by atoms with Crippen LogP contribution in [0.1, 0.15) is 46.5 Å². The second kappa shape index (κ2) is 4.66. The van der Waals surface area contributed by atoms with Gasteiger partial charge in [-0.15, -0.1) is 0 Å².